The van der Waals surface area contributed by atoms with Crippen LogP contribution in [0.1, 0.15) is 49.9 Å². The van der Waals surface area contributed by atoms with Gasteiger partial charge in [-0.25, -0.2) is 0 Å². The van der Waals surface area contributed by atoms with Crippen LogP contribution < -0.4 is 24.3 Å². The van der Waals surface area contributed by atoms with E-state index in [4.69, 9.17) is 4.74 Å². The molecule has 6 heterocycles. The lowest BCUT2D eigenvalue weighted by molar-refractivity contribution is 0.477. The molecule has 2 aromatic heterocycles. The predicted octanol–water partition coefficient (Wildman–Crippen LogP) is 38.4. The Morgan fingerprint density at radius 1 is 0.193 bits per heavy atom. The van der Waals surface area contributed by atoms with E-state index in [2.05, 4.69) is 470 Å². The molecular formula is C132H83N5OS2. The first-order valence-electron chi connectivity index (χ1n) is 48.6. The topological polar surface area (TPSA) is 27.1 Å². The molecule has 4 aliphatic rings. The number of hydrogen-bond donors (Lipinski definition) is 0. The van der Waals surface area contributed by atoms with E-state index in [0.717, 1.165) is 39.9 Å². The van der Waals surface area contributed by atoms with Gasteiger partial charge >= 0.3 is 0 Å². The number of ether oxygens (including phenoxy) is 1. The van der Waals surface area contributed by atoms with Crippen LogP contribution in [0.5, 0.6) is 11.5 Å². The summed E-state index contributed by atoms with van der Waals surface area (Å²) in [7, 11) is 0. The molecule has 0 atom stereocenters. The fraction of sp³-hybridized carbons (Fsp3) is 0.0455. The van der Waals surface area contributed by atoms with Gasteiger partial charge in [-0.1, -0.05) is 337 Å². The van der Waals surface area contributed by atoms with Gasteiger partial charge in [-0.15, -0.1) is 11.3 Å². The van der Waals surface area contributed by atoms with Crippen molar-refractivity contribution in [3.63, 3.8) is 0 Å². The number of anilines is 12. The molecule has 0 unspecified atom stereocenters. The Morgan fingerprint density at radius 3 is 1.24 bits per heavy atom. The average Bonchev–Trinajstić information content (AvgIpc) is 1.26. The predicted molar refractivity (Wildman–Crippen MR) is 597 cm³/mol. The minimum absolute atomic E-state index is 0.255. The van der Waals surface area contributed by atoms with Crippen LogP contribution in [0.15, 0.2) is 441 Å². The number of fused-ring (bicyclic) bond motifs is 28. The number of aromatic nitrogens is 1. The Kier molecular flexibility index (Phi) is 16.1. The van der Waals surface area contributed by atoms with Crippen molar-refractivity contribution in [2.45, 2.75) is 48.3 Å². The van der Waals surface area contributed by atoms with Crippen molar-refractivity contribution in [1.29, 1.82) is 0 Å². The van der Waals surface area contributed by atoms with Gasteiger partial charge < -0.3 is 28.9 Å². The second-order valence-electron chi connectivity index (χ2n) is 39.5. The summed E-state index contributed by atoms with van der Waals surface area (Å²) in [6.07, 6.45) is 0. The highest BCUT2D eigenvalue weighted by Crippen LogP contribution is 2.63. The smallest absolute Gasteiger partial charge is 0.151 e. The van der Waals surface area contributed by atoms with Crippen LogP contribution in [0.3, 0.4) is 0 Å². The van der Waals surface area contributed by atoms with Crippen LogP contribution in [-0.2, 0) is 10.8 Å². The Bertz CT molecular complexity index is 10300. The molecule has 0 aliphatic carbocycles. The van der Waals surface area contributed by atoms with E-state index in [1.54, 1.807) is 0 Å². The number of benzene rings is 26. The zero-order valence-corrected chi connectivity index (χ0v) is 78.6. The second kappa shape index (κ2) is 28.8. The van der Waals surface area contributed by atoms with Crippen molar-refractivity contribution in [3.05, 3.63) is 453 Å². The molecule has 26 aromatic carbocycles. The molecule has 140 heavy (non-hydrogen) atoms. The summed E-state index contributed by atoms with van der Waals surface area (Å²) in [5.41, 5.74) is 22.3. The maximum atomic E-state index is 6.50. The standard InChI is InChI=1S/C69H43N3O.C63H40N2S2/c1-69(2)52-23-6-7-24-56(52)71(54-35-31-41-30-34-48-55(36-32-42-29-33-47(54)65(41)66(42)48)72-57-25-8-10-27-62(57)73-63-28-11-9-26-58(63)72)60-39-59-51(37-53(60)69)68-49-22-14-21-45-44-19-12-15-40-16-13-20-46(64(40)44)50(67(45)49)38-61(68)70(59)43-17-4-3-5-18-43;1-63(2)50-21-9-10-22-52(50)64(57-36-61-49(33-51(57)63)62-46-30-29-41-38-16-4-3-15-37(38)27-28-42(41)43(46)31-32-60(62)67-61)55-34-47-40-18-6-8-20-45(40)56(35-48(47)39-17-5-7-19-44(39)55)65-53-23-11-13-25-58(53)66-59-26-14-12-24-54(59)65/h3-39H,1-2H3;3-36H,1-2H3. The molecule has 0 radical (unpaired) electrons. The Hall–Kier alpha value is -17.0. The van der Waals surface area contributed by atoms with E-state index in [-0.39, 0.29) is 10.8 Å². The van der Waals surface area contributed by atoms with Gasteiger partial charge in [0.05, 0.1) is 79.3 Å². The number of para-hydroxylation sites is 9. The van der Waals surface area contributed by atoms with E-state index in [9.17, 15) is 0 Å². The molecule has 0 bridgehead atoms. The zero-order chi connectivity index (χ0) is 92.0. The van der Waals surface area contributed by atoms with Gasteiger partial charge in [0.2, 0.25) is 0 Å². The number of rotatable bonds is 5. The summed E-state index contributed by atoms with van der Waals surface area (Å²) < 4.78 is 11.7. The summed E-state index contributed by atoms with van der Waals surface area (Å²) in [5.74, 6) is 1.69. The van der Waals surface area contributed by atoms with Crippen LogP contribution in [0, 0.1) is 0 Å². The molecule has 8 heteroatoms. The molecule has 0 amide bonds. The molecule has 0 N–H and O–H groups in total. The highest BCUT2D eigenvalue weighted by atomic mass is 32.2. The van der Waals surface area contributed by atoms with Gasteiger partial charge in [-0.3, -0.25) is 0 Å². The minimum Gasteiger partial charge on any atom is -0.453 e. The maximum absolute atomic E-state index is 6.50. The molecule has 654 valence electrons. The van der Waals surface area contributed by atoms with Crippen molar-refractivity contribution >= 4 is 273 Å². The molecule has 28 aromatic rings. The number of thiophene rings is 1. The molecule has 4 aliphatic heterocycles. The molecule has 0 spiro atoms. The van der Waals surface area contributed by atoms with Crippen molar-refractivity contribution in [2.75, 3.05) is 19.6 Å². The highest BCUT2D eigenvalue weighted by molar-refractivity contribution is 7.99. The van der Waals surface area contributed by atoms with Crippen molar-refractivity contribution in [3.8, 4) is 17.2 Å². The third-order valence-corrected chi connectivity index (χ3v) is 34.0. The van der Waals surface area contributed by atoms with Crippen LogP contribution in [-0.4, -0.2) is 4.57 Å². The van der Waals surface area contributed by atoms with Gasteiger partial charge in [0.1, 0.15) is 0 Å². The van der Waals surface area contributed by atoms with Gasteiger partial charge in [0, 0.05) is 78.8 Å². The third-order valence-electron chi connectivity index (χ3n) is 31.7. The van der Waals surface area contributed by atoms with E-state index < -0.39 is 0 Å². The van der Waals surface area contributed by atoms with E-state index in [0.29, 0.717) is 0 Å². The number of hydrogen-bond acceptors (Lipinski definition) is 7. The minimum atomic E-state index is -0.317. The lowest BCUT2D eigenvalue weighted by Crippen LogP contribution is -2.30. The summed E-state index contributed by atoms with van der Waals surface area (Å²) in [6.45, 7) is 9.67. The summed E-state index contributed by atoms with van der Waals surface area (Å²) in [6, 6.07) is 161. The fourth-order valence-electron chi connectivity index (χ4n) is 25.5. The van der Waals surface area contributed by atoms with Crippen molar-refractivity contribution in [1.82, 2.24) is 4.57 Å². The molecule has 32 rings (SSSR count). The van der Waals surface area contributed by atoms with Crippen LogP contribution in [0.4, 0.5) is 68.2 Å². The summed E-state index contributed by atoms with van der Waals surface area (Å²) in [5, 5.41) is 38.3. The first kappa shape index (κ1) is 78.2. The zero-order valence-electron chi connectivity index (χ0n) is 77.0. The fourth-order valence-corrected chi connectivity index (χ4v) is 27.7. The van der Waals surface area contributed by atoms with Crippen LogP contribution >= 0.6 is 23.1 Å². The van der Waals surface area contributed by atoms with Gasteiger partial charge in [0.25, 0.3) is 0 Å². The van der Waals surface area contributed by atoms with Crippen LogP contribution in [0.25, 0.3) is 188 Å². The van der Waals surface area contributed by atoms with Gasteiger partial charge in [0.15, 0.2) is 11.5 Å². The molecule has 6 nitrogen and oxygen atoms in total. The second-order valence-corrected chi connectivity index (χ2v) is 41.7. The summed E-state index contributed by atoms with van der Waals surface area (Å²) >= 11 is 3.77. The lowest BCUT2D eigenvalue weighted by Gasteiger charge is -2.42. The lowest BCUT2D eigenvalue weighted by atomic mass is 9.73. The first-order chi connectivity index (χ1) is 69.0. The Labute approximate surface area is 814 Å². The maximum Gasteiger partial charge on any atom is 0.151 e. The Morgan fingerprint density at radius 2 is 0.600 bits per heavy atom. The van der Waals surface area contributed by atoms with E-state index >= 15 is 0 Å². The highest BCUT2D eigenvalue weighted by Gasteiger charge is 2.42. The van der Waals surface area contributed by atoms with Crippen molar-refractivity contribution in [2.24, 2.45) is 0 Å². The molecule has 0 fully saturated rings. The third kappa shape index (κ3) is 10.7. The van der Waals surface area contributed by atoms with Gasteiger partial charge in [-0.05, 0) is 274 Å². The van der Waals surface area contributed by atoms with E-state index in [1.165, 1.54) is 260 Å². The van der Waals surface area contributed by atoms with E-state index in [1.807, 2.05) is 35.2 Å². The van der Waals surface area contributed by atoms with Crippen LogP contribution in [0.2, 0.25) is 0 Å². The monoisotopic (exact) mass is 1820 g/mol. The SMILES string of the molecule is CC1(C)c2ccccc2N(c2cc3c4ccccc4c(N4c5ccccc5Sc5ccccc54)cc3c3ccccc23)c2cc3sc4ccc5c6ccc7ccccc7c6ccc5c4c3cc21.CC1(C)c2ccccc2N(c2ccc3ccc4c(N5c6ccccc6Oc6ccccc65)ccc5ccc2c3c54)c2cc3c(cc21)c1c2cccc4c5cccc6cccc(c(cc1n3-c1ccccc1)c42)c65. The molecule has 0 saturated carbocycles. The Balaban J connectivity index is 0.000000130. The quantitative estimate of drug-likeness (QED) is 0.126. The normalized spacial score (nSPS) is 14.1. The largest absolute Gasteiger partial charge is 0.453 e. The van der Waals surface area contributed by atoms with Crippen molar-refractivity contribution < 1.29 is 4.74 Å². The van der Waals surface area contributed by atoms with Gasteiger partial charge in [-0.2, -0.15) is 0 Å². The summed E-state index contributed by atoms with van der Waals surface area (Å²) in [4.78, 5) is 12.6. The average molecular weight is 1820 g/mol. The first-order valence-corrected chi connectivity index (χ1v) is 50.2. The molecular weight excluding hydrogens is 1740 g/mol. The number of nitrogens with zero attached hydrogens (tertiary/aromatic N) is 5. The molecule has 0 saturated heterocycles.